The Kier molecular flexibility index (Phi) is 5.39. The number of carboxylic acid groups (broad SMARTS) is 1. The molecule has 6 heteroatoms. The van der Waals surface area contributed by atoms with Gasteiger partial charge in [-0.15, -0.1) is 0 Å². The van der Waals surface area contributed by atoms with Crippen LogP contribution in [-0.2, 0) is 20.7 Å². The zero-order valence-electron chi connectivity index (χ0n) is 14.3. The molecule has 2 heterocycles. The van der Waals surface area contributed by atoms with E-state index < -0.39 is 17.5 Å². The highest BCUT2D eigenvalue weighted by atomic mass is 16.5. The summed E-state index contributed by atoms with van der Waals surface area (Å²) < 4.78 is 5.29. The Labute approximate surface area is 147 Å². The van der Waals surface area contributed by atoms with E-state index in [1.54, 1.807) is 4.90 Å². The number of hydrogen-bond donors (Lipinski definition) is 2. The van der Waals surface area contributed by atoms with Crippen LogP contribution < -0.4 is 0 Å². The maximum atomic E-state index is 12.6. The van der Waals surface area contributed by atoms with E-state index in [0.717, 1.165) is 5.56 Å². The molecule has 3 rings (SSSR count). The number of aliphatic hydroxyl groups excluding tert-OH is 1. The molecule has 1 amide bonds. The maximum Gasteiger partial charge on any atom is 0.312 e. The van der Waals surface area contributed by atoms with Crippen molar-refractivity contribution in [2.45, 2.75) is 31.8 Å². The van der Waals surface area contributed by atoms with Crippen molar-refractivity contribution in [3.8, 4) is 0 Å². The first-order valence-electron chi connectivity index (χ1n) is 8.85. The molecule has 1 aromatic rings. The second-order valence-corrected chi connectivity index (χ2v) is 7.06. The summed E-state index contributed by atoms with van der Waals surface area (Å²) in [6.07, 6.45) is 0.832. The third-order valence-corrected chi connectivity index (χ3v) is 5.53. The standard InChI is InChI=1S/C19H25NO5/c21-16-13-20(17(22)15-6-10-25-11-7-15)9-8-19(16,18(23)24)12-14-4-2-1-3-5-14/h1-5,15-16,21H,6-13H2,(H,23,24)/t16?,19-/m1/s1. The molecule has 0 bridgehead atoms. The van der Waals surface area contributed by atoms with Crippen LogP contribution in [0, 0.1) is 11.3 Å². The molecule has 0 spiro atoms. The highest BCUT2D eigenvalue weighted by Crippen LogP contribution is 2.36. The first kappa shape index (κ1) is 17.9. The fraction of sp³-hybridized carbons (Fsp3) is 0.579. The minimum Gasteiger partial charge on any atom is -0.481 e. The van der Waals surface area contributed by atoms with Gasteiger partial charge in [0.25, 0.3) is 0 Å². The minimum absolute atomic E-state index is 0.0149. The van der Waals surface area contributed by atoms with E-state index in [4.69, 9.17) is 4.74 Å². The van der Waals surface area contributed by atoms with Gasteiger partial charge in [0.1, 0.15) is 5.41 Å². The van der Waals surface area contributed by atoms with Crippen molar-refractivity contribution >= 4 is 11.9 Å². The first-order valence-corrected chi connectivity index (χ1v) is 8.85. The van der Waals surface area contributed by atoms with E-state index in [2.05, 4.69) is 0 Å². The Bertz CT molecular complexity index is 614. The van der Waals surface area contributed by atoms with E-state index in [-0.39, 0.29) is 31.2 Å². The van der Waals surface area contributed by atoms with Crippen LogP contribution in [0.2, 0.25) is 0 Å². The van der Waals surface area contributed by atoms with Crippen LogP contribution in [-0.4, -0.2) is 59.4 Å². The lowest BCUT2D eigenvalue weighted by atomic mass is 9.71. The number of ether oxygens (including phenoxy) is 1. The van der Waals surface area contributed by atoms with Crippen molar-refractivity contribution in [1.29, 1.82) is 0 Å². The molecule has 2 atom stereocenters. The van der Waals surface area contributed by atoms with Crippen LogP contribution >= 0.6 is 0 Å². The fourth-order valence-corrected chi connectivity index (χ4v) is 3.87. The SMILES string of the molecule is O=C(C1CCOCC1)N1CC[C@](Cc2ccccc2)(C(=O)O)C(O)C1. The molecular formula is C19H25NO5. The number of amides is 1. The number of aliphatic hydroxyl groups is 1. The molecule has 2 aliphatic heterocycles. The van der Waals surface area contributed by atoms with Gasteiger partial charge in [-0.3, -0.25) is 9.59 Å². The summed E-state index contributed by atoms with van der Waals surface area (Å²) in [4.78, 5) is 26.3. The van der Waals surface area contributed by atoms with Crippen LogP contribution in [0.4, 0.5) is 0 Å². The summed E-state index contributed by atoms with van der Waals surface area (Å²) in [5, 5.41) is 20.5. The molecular weight excluding hydrogens is 322 g/mol. The molecule has 1 unspecified atom stereocenters. The predicted molar refractivity (Wildman–Crippen MR) is 91.0 cm³/mol. The summed E-state index contributed by atoms with van der Waals surface area (Å²) >= 11 is 0. The smallest absolute Gasteiger partial charge is 0.312 e. The number of carbonyl (C=O) groups is 2. The van der Waals surface area contributed by atoms with Gasteiger partial charge in [-0.05, 0) is 31.2 Å². The number of carbonyl (C=O) groups excluding carboxylic acids is 1. The van der Waals surface area contributed by atoms with E-state index in [1.807, 2.05) is 30.3 Å². The molecule has 2 fully saturated rings. The summed E-state index contributed by atoms with van der Waals surface area (Å²) in [5.41, 5.74) is -0.360. The lowest BCUT2D eigenvalue weighted by Gasteiger charge is -2.44. The number of likely N-dealkylation sites (tertiary alicyclic amines) is 1. The number of aliphatic carboxylic acids is 1. The molecule has 2 N–H and O–H groups in total. The predicted octanol–water partition coefficient (Wildman–Crippen LogP) is 1.32. The van der Waals surface area contributed by atoms with Crippen molar-refractivity contribution in [3.05, 3.63) is 35.9 Å². The molecule has 136 valence electrons. The Hall–Kier alpha value is -1.92. The summed E-state index contributed by atoms with van der Waals surface area (Å²) in [5.74, 6) is -1.06. The molecule has 6 nitrogen and oxygen atoms in total. The maximum absolute atomic E-state index is 12.6. The number of nitrogens with zero attached hydrogens (tertiary/aromatic N) is 1. The van der Waals surface area contributed by atoms with Crippen LogP contribution in [0.1, 0.15) is 24.8 Å². The third-order valence-electron chi connectivity index (χ3n) is 5.53. The molecule has 2 aliphatic rings. The minimum atomic E-state index is -1.24. The average molecular weight is 347 g/mol. The van der Waals surface area contributed by atoms with Crippen molar-refractivity contribution in [1.82, 2.24) is 4.90 Å². The van der Waals surface area contributed by atoms with Crippen molar-refractivity contribution in [2.75, 3.05) is 26.3 Å². The van der Waals surface area contributed by atoms with E-state index in [1.165, 1.54) is 0 Å². The normalized spacial score (nSPS) is 27.9. The largest absolute Gasteiger partial charge is 0.481 e. The zero-order valence-corrected chi connectivity index (χ0v) is 14.3. The van der Waals surface area contributed by atoms with Crippen LogP contribution in [0.25, 0.3) is 0 Å². The molecule has 2 saturated heterocycles. The monoisotopic (exact) mass is 347 g/mol. The molecule has 25 heavy (non-hydrogen) atoms. The Morgan fingerprint density at radius 3 is 2.48 bits per heavy atom. The van der Waals surface area contributed by atoms with Crippen molar-refractivity contribution in [2.24, 2.45) is 11.3 Å². The third kappa shape index (κ3) is 3.70. The molecule has 0 saturated carbocycles. The van der Waals surface area contributed by atoms with Gasteiger partial charge in [-0.1, -0.05) is 30.3 Å². The van der Waals surface area contributed by atoms with Gasteiger partial charge in [-0.25, -0.2) is 0 Å². The van der Waals surface area contributed by atoms with Crippen molar-refractivity contribution in [3.63, 3.8) is 0 Å². The Morgan fingerprint density at radius 1 is 1.20 bits per heavy atom. The lowest BCUT2D eigenvalue weighted by molar-refractivity contribution is -0.167. The number of hydrogen-bond acceptors (Lipinski definition) is 4. The van der Waals surface area contributed by atoms with Gasteiger partial charge in [0.15, 0.2) is 0 Å². The second-order valence-electron chi connectivity index (χ2n) is 7.06. The van der Waals surface area contributed by atoms with Gasteiger partial charge >= 0.3 is 5.97 Å². The zero-order chi connectivity index (χ0) is 17.9. The highest BCUT2D eigenvalue weighted by molar-refractivity contribution is 5.80. The Morgan fingerprint density at radius 2 is 1.88 bits per heavy atom. The number of carboxylic acids is 1. The molecule has 0 aliphatic carbocycles. The molecule has 0 radical (unpaired) electrons. The topological polar surface area (TPSA) is 87.1 Å². The van der Waals surface area contributed by atoms with Crippen LogP contribution in [0.15, 0.2) is 30.3 Å². The summed E-state index contributed by atoms with van der Waals surface area (Å²) in [6.45, 7) is 1.61. The number of benzene rings is 1. The van der Waals surface area contributed by atoms with Gasteiger partial charge in [0.2, 0.25) is 5.91 Å². The summed E-state index contributed by atoms with van der Waals surface area (Å²) in [6, 6.07) is 9.35. The van der Waals surface area contributed by atoms with Gasteiger partial charge < -0.3 is 19.8 Å². The first-order chi connectivity index (χ1) is 12.0. The second kappa shape index (κ2) is 7.54. The van der Waals surface area contributed by atoms with Crippen molar-refractivity contribution < 1.29 is 24.5 Å². The fourth-order valence-electron chi connectivity index (χ4n) is 3.87. The highest BCUT2D eigenvalue weighted by Gasteiger charge is 2.49. The van der Waals surface area contributed by atoms with E-state index >= 15 is 0 Å². The van der Waals surface area contributed by atoms with Gasteiger partial charge in [0.05, 0.1) is 6.10 Å². The molecule has 1 aromatic carbocycles. The van der Waals surface area contributed by atoms with Crippen LogP contribution in [0.3, 0.4) is 0 Å². The Balaban J connectivity index is 1.71. The number of piperidine rings is 1. The van der Waals surface area contributed by atoms with E-state index in [0.29, 0.717) is 32.6 Å². The average Bonchev–Trinajstić information content (AvgIpc) is 2.64. The lowest BCUT2D eigenvalue weighted by Crippen LogP contribution is -2.58. The number of rotatable bonds is 4. The number of β-amino-alcohol motifs (C(OH)–C–C–N with tert-alkyl or cyclic N) is 1. The molecule has 0 aromatic heterocycles. The van der Waals surface area contributed by atoms with Gasteiger partial charge in [0, 0.05) is 32.2 Å². The van der Waals surface area contributed by atoms with E-state index in [9.17, 15) is 19.8 Å². The van der Waals surface area contributed by atoms with Gasteiger partial charge in [-0.2, -0.15) is 0 Å². The summed E-state index contributed by atoms with van der Waals surface area (Å²) in [7, 11) is 0. The quantitative estimate of drug-likeness (QED) is 0.858. The van der Waals surface area contributed by atoms with Crippen LogP contribution in [0.5, 0.6) is 0 Å².